The Morgan fingerprint density at radius 2 is 1.42 bits per heavy atom. The van der Waals surface area contributed by atoms with Crippen molar-refractivity contribution in [3.63, 3.8) is 0 Å². The standard InChI is InChI=1S/C28H27N3O4S/c1-31(2)28(32)22-10-7-9-20(17-22)21-15-16-26(35-3)27(18-21)36(33,34)30-25-14-8-13-24(19-25)29-23-11-5-4-6-12-23/h4-19,29-30H,1-3H3. The van der Waals surface area contributed by atoms with E-state index in [0.29, 0.717) is 16.8 Å². The smallest absolute Gasteiger partial charge is 0.265 e. The van der Waals surface area contributed by atoms with Crippen molar-refractivity contribution >= 4 is 33.0 Å². The largest absolute Gasteiger partial charge is 0.495 e. The highest BCUT2D eigenvalue weighted by molar-refractivity contribution is 7.92. The highest BCUT2D eigenvalue weighted by Crippen LogP contribution is 2.32. The molecule has 0 fully saturated rings. The van der Waals surface area contributed by atoms with Crippen LogP contribution in [0.25, 0.3) is 11.1 Å². The molecule has 0 saturated carbocycles. The van der Waals surface area contributed by atoms with Crippen LogP contribution in [0, 0.1) is 0 Å². The van der Waals surface area contributed by atoms with Crippen LogP contribution in [0.15, 0.2) is 102 Å². The molecular formula is C28H27N3O4S. The highest BCUT2D eigenvalue weighted by Gasteiger charge is 2.21. The van der Waals surface area contributed by atoms with Crippen LogP contribution in [0.5, 0.6) is 5.75 Å². The Balaban J connectivity index is 1.65. The van der Waals surface area contributed by atoms with Gasteiger partial charge in [0.25, 0.3) is 15.9 Å². The monoisotopic (exact) mass is 501 g/mol. The summed E-state index contributed by atoms with van der Waals surface area (Å²) in [6.45, 7) is 0. The van der Waals surface area contributed by atoms with Crippen LogP contribution in [-0.2, 0) is 10.0 Å². The van der Waals surface area contributed by atoms with Crippen LogP contribution in [0.3, 0.4) is 0 Å². The first-order valence-electron chi connectivity index (χ1n) is 11.2. The Morgan fingerprint density at radius 1 is 0.750 bits per heavy atom. The third-order valence-corrected chi connectivity index (χ3v) is 6.88. The van der Waals surface area contributed by atoms with Gasteiger partial charge in [-0.25, -0.2) is 8.42 Å². The van der Waals surface area contributed by atoms with E-state index in [0.717, 1.165) is 16.9 Å². The van der Waals surface area contributed by atoms with Gasteiger partial charge in [-0.2, -0.15) is 0 Å². The van der Waals surface area contributed by atoms with Gasteiger partial charge in [0.15, 0.2) is 0 Å². The lowest BCUT2D eigenvalue weighted by atomic mass is 10.0. The number of amides is 1. The molecule has 0 saturated heterocycles. The number of carbonyl (C=O) groups is 1. The molecule has 184 valence electrons. The van der Waals surface area contributed by atoms with E-state index in [4.69, 9.17) is 4.74 Å². The summed E-state index contributed by atoms with van der Waals surface area (Å²) in [7, 11) is 0.799. The molecule has 0 aliphatic heterocycles. The van der Waals surface area contributed by atoms with Crippen LogP contribution in [0.1, 0.15) is 10.4 Å². The van der Waals surface area contributed by atoms with E-state index in [1.54, 1.807) is 68.7 Å². The van der Waals surface area contributed by atoms with E-state index in [1.165, 1.54) is 12.0 Å². The van der Waals surface area contributed by atoms with Gasteiger partial charge in [0.05, 0.1) is 12.8 Å². The molecule has 0 atom stereocenters. The summed E-state index contributed by atoms with van der Waals surface area (Å²) < 4.78 is 34.9. The van der Waals surface area contributed by atoms with Crippen LogP contribution in [0.4, 0.5) is 17.1 Å². The first kappa shape index (κ1) is 24.8. The molecule has 2 N–H and O–H groups in total. The lowest BCUT2D eigenvalue weighted by molar-refractivity contribution is 0.0827. The molecule has 0 radical (unpaired) electrons. The Kier molecular flexibility index (Phi) is 7.26. The Hall–Kier alpha value is -4.30. The molecule has 8 heteroatoms. The number of benzene rings is 4. The second-order valence-corrected chi connectivity index (χ2v) is 9.97. The number of methoxy groups -OCH3 is 1. The average Bonchev–Trinajstić information content (AvgIpc) is 2.88. The molecule has 0 bridgehead atoms. The van der Waals surface area contributed by atoms with Crippen molar-refractivity contribution in [2.24, 2.45) is 0 Å². The second-order valence-electron chi connectivity index (χ2n) is 8.32. The normalized spacial score (nSPS) is 11.0. The molecule has 1 amide bonds. The fraction of sp³-hybridized carbons (Fsp3) is 0.107. The molecule has 36 heavy (non-hydrogen) atoms. The molecule has 0 unspecified atom stereocenters. The zero-order chi connectivity index (χ0) is 25.7. The van der Waals surface area contributed by atoms with Gasteiger partial charge < -0.3 is 15.0 Å². The summed E-state index contributed by atoms with van der Waals surface area (Å²) in [6.07, 6.45) is 0. The quantitative estimate of drug-likeness (QED) is 0.328. The van der Waals surface area contributed by atoms with Crippen LogP contribution < -0.4 is 14.8 Å². The minimum Gasteiger partial charge on any atom is -0.495 e. The molecule has 0 aromatic heterocycles. The van der Waals surface area contributed by atoms with Crippen LogP contribution in [-0.4, -0.2) is 40.4 Å². The third-order valence-electron chi connectivity index (χ3n) is 5.48. The van der Waals surface area contributed by atoms with Crippen molar-refractivity contribution in [3.05, 3.63) is 103 Å². The van der Waals surface area contributed by atoms with Gasteiger partial charge in [0, 0.05) is 31.0 Å². The summed E-state index contributed by atoms with van der Waals surface area (Å²) in [5.74, 6) is 0.0780. The number of sulfonamides is 1. The number of rotatable bonds is 8. The summed E-state index contributed by atoms with van der Waals surface area (Å²) in [5.41, 5.74) is 3.91. The highest BCUT2D eigenvalue weighted by atomic mass is 32.2. The zero-order valence-corrected chi connectivity index (χ0v) is 21.0. The van der Waals surface area contributed by atoms with Crippen LogP contribution in [0.2, 0.25) is 0 Å². The zero-order valence-electron chi connectivity index (χ0n) is 20.2. The van der Waals surface area contributed by atoms with Gasteiger partial charge in [-0.1, -0.05) is 42.5 Å². The number of hydrogen-bond donors (Lipinski definition) is 2. The van der Waals surface area contributed by atoms with Gasteiger partial charge in [-0.15, -0.1) is 0 Å². The summed E-state index contributed by atoms with van der Waals surface area (Å²) in [5, 5.41) is 3.25. The van der Waals surface area contributed by atoms with E-state index in [-0.39, 0.29) is 16.6 Å². The molecule has 4 aromatic carbocycles. The van der Waals surface area contributed by atoms with Crippen molar-refractivity contribution in [2.45, 2.75) is 4.90 Å². The average molecular weight is 502 g/mol. The predicted octanol–water partition coefficient (Wildman–Crippen LogP) is 5.61. The van der Waals surface area contributed by atoms with Crippen molar-refractivity contribution < 1.29 is 17.9 Å². The molecule has 0 spiro atoms. The molecule has 0 aliphatic carbocycles. The van der Waals surface area contributed by atoms with E-state index < -0.39 is 10.0 Å². The first-order valence-corrected chi connectivity index (χ1v) is 12.7. The lowest BCUT2D eigenvalue weighted by Crippen LogP contribution is -2.21. The van der Waals surface area contributed by atoms with Gasteiger partial charge in [0.2, 0.25) is 0 Å². The minimum absolute atomic E-state index is 0.00624. The molecule has 7 nitrogen and oxygen atoms in total. The van der Waals surface area contributed by atoms with Crippen LogP contribution >= 0.6 is 0 Å². The molecule has 4 rings (SSSR count). The van der Waals surface area contributed by atoms with Crippen molar-refractivity contribution in [1.82, 2.24) is 4.90 Å². The fourth-order valence-electron chi connectivity index (χ4n) is 3.71. The van der Waals surface area contributed by atoms with Gasteiger partial charge in [-0.05, 0) is 65.7 Å². The SMILES string of the molecule is COc1ccc(-c2cccc(C(=O)N(C)C)c2)cc1S(=O)(=O)Nc1cccc(Nc2ccccc2)c1. The number of anilines is 3. The van der Waals surface area contributed by atoms with Gasteiger partial charge in [0.1, 0.15) is 10.6 Å². The number of para-hydroxylation sites is 1. The lowest BCUT2D eigenvalue weighted by Gasteiger charge is -2.15. The third kappa shape index (κ3) is 5.67. The number of nitrogens with one attached hydrogen (secondary N) is 2. The van der Waals surface area contributed by atoms with Gasteiger partial charge in [-0.3, -0.25) is 9.52 Å². The molecule has 4 aromatic rings. The van der Waals surface area contributed by atoms with Crippen molar-refractivity contribution in [1.29, 1.82) is 0 Å². The van der Waals surface area contributed by atoms with Crippen molar-refractivity contribution in [3.8, 4) is 16.9 Å². The maximum atomic E-state index is 13.4. The number of ether oxygens (including phenoxy) is 1. The summed E-state index contributed by atoms with van der Waals surface area (Å²) in [6, 6.07) is 28.6. The molecule has 0 aliphatic rings. The van der Waals surface area contributed by atoms with E-state index in [1.807, 2.05) is 42.5 Å². The first-order chi connectivity index (χ1) is 17.3. The Morgan fingerprint density at radius 3 is 2.14 bits per heavy atom. The number of hydrogen-bond acceptors (Lipinski definition) is 5. The maximum absolute atomic E-state index is 13.4. The Labute approximate surface area is 211 Å². The molecular weight excluding hydrogens is 474 g/mol. The Bertz CT molecular complexity index is 1490. The van der Waals surface area contributed by atoms with E-state index in [2.05, 4.69) is 10.0 Å². The minimum atomic E-state index is -3.99. The van der Waals surface area contributed by atoms with Crippen molar-refractivity contribution in [2.75, 3.05) is 31.2 Å². The summed E-state index contributed by atoms with van der Waals surface area (Å²) >= 11 is 0. The number of carbonyl (C=O) groups excluding carboxylic acids is 1. The second kappa shape index (κ2) is 10.5. The predicted molar refractivity (Wildman–Crippen MR) is 143 cm³/mol. The summed E-state index contributed by atoms with van der Waals surface area (Å²) in [4.78, 5) is 13.9. The topological polar surface area (TPSA) is 87.7 Å². The van der Waals surface area contributed by atoms with E-state index >= 15 is 0 Å². The van der Waals surface area contributed by atoms with Gasteiger partial charge >= 0.3 is 0 Å². The molecule has 0 heterocycles. The maximum Gasteiger partial charge on any atom is 0.265 e. The fourth-order valence-corrected chi connectivity index (χ4v) is 4.96. The number of nitrogens with zero attached hydrogens (tertiary/aromatic N) is 1. The van der Waals surface area contributed by atoms with E-state index in [9.17, 15) is 13.2 Å².